The maximum atomic E-state index is 5.31. The lowest BCUT2D eigenvalue weighted by Crippen LogP contribution is -2.17. The Morgan fingerprint density at radius 1 is 1.67 bits per heavy atom. The van der Waals surface area contributed by atoms with E-state index in [1.807, 2.05) is 6.92 Å². The molecule has 1 radical (unpaired) electrons. The molecule has 1 atom stereocenters. The molecule has 1 rings (SSSR count). The summed E-state index contributed by atoms with van der Waals surface area (Å²) < 4.78 is 5.31. The first-order chi connectivity index (χ1) is 4.33. The predicted octanol–water partition coefficient (Wildman–Crippen LogP) is 0.889. The highest BCUT2D eigenvalue weighted by Crippen LogP contribution is 2.10. The molecule has 0 N–H and O–H groups in total. The van der Waals surface area contributed by atoms with Gasteiger partial charge in [0.25, 0.3) is 0 Å². The van der Waals surface area contributed by atoms with E-state index < -0.39 is 0 Å². The zero-order valence-electron chi connectivity index (χ0n) is 6.13. The van der Waals surface area contributed by atoms with Gasteiger partial charge in [0.05, 0.1) is 12.7 Å². The summed E-state index contributed by atoms with van der Waals surface area (Å²) in [6.45, 7) is 5.98. The summed E-state index contributed by atoms with van der Waals surface area (Å²) in [5.74, 6) is 0. The molecule has 1 unspecified atom stereocenters. The quantitative estimate of drug-likeness (QED) is 0.547. The van der Waals surface area contributed by atoms with E-state index in [1.165, 1.54) is 13.0 Å². The lowest BCUT2D eigenvalue weighted by atomic mass is 10.3. The van der Waals surface area contributed by atoms with Crippen molar-refractivity contribution >= 4 is 0 Å². The monoisotopic (exact) mass is 128 g/mol. The summed E-state index contributed by atoms with van der Waals surface area (Å²) >= 11 is 0. The third-order valence-corrected chi connectivity index (χ3v) is 1.68. The minimum Gasteiger partial charge on any atom is -0.371 e. The van der Waals surface area contributed by atoms with Crippen LogP contribution in [0.25, 0.3) is 0 Å². The average molecular weight is 128 g/mol. The molecule has 1 saturated heterocycles. The minimum atomic E-state index is 0.458. The van der Waals surface area contributed by atoms with Crippen LogP contribution in [0.15, 0.2) is 0 Å². The average Bonchev–Trinajstić information content (AvgIpc) is 2.17. The van der Waals surface area contributed by atoms with E-state index in [1.54, 1.807) is 6.61 Å². The van der Waals surface area contributed by atoms with Crippen molar-refractivity contribution in [3.8, 4) is 0 Å². The van der Waals surface area contributed by atoms with Gasteiger partial charge >= 0.3 is 0 Å². The molecule has 0 aliphatic carbocycles. The molecule has 9 heavy (non-hydrogen) atoms. The smallest absolute Gasteiger partial charge is 0.0810 e. The van der Waals surface area contributed by atoms with Crippen molar-refractivity contribution in [3.63, 3.8) is 0 Å². The fraction of sp³-hybridized carbons (Fsp3) is 0.857. The molecule has 0 saturated carbocycles. The molecule has 1 aliphatic heterocycles. The van der Waals surface area contributed by atoms with E-state index in [2.05, 4.69) is 11.9 Å². The van der Waals surface area contributed by atoms with Crippen LogP contribution in [-0.4, -0.2) is 31.1 Å². The van der Waals surface area contributed by atoms with Crippen molar-refractivity contribution in [2.45, 2.75) is 19.4 Å². The van der Waals surface area contributed by atoms with E-state index in [4.69, 9.17) is 4.74 Å². The Labute approximate surface area is 56.8 Å². The number of hydrogen-bond acceptors (Lipinski definition) is 2. The molecule has 53 valence electrons. The topological polar surface area (TPSA) is 12.5 Å². The number of likely N-dealkylation sites (tertiary alicyclic amines) is 1. The summed E-state index contributed by atoms with van der Waals surface area (Å²) in [5, 5.41) is 0. The van der Waals surface area contributed by atoms with Crippen LogP contribution in [0.5, 0.6) is 0 Å². The molecule has 0 amide bonds. The lowest BCUT2D eigenvalue weighted by molar-refractivity contribution is 0.117. The molecule has 0 spiro atoms. The Morgan fingerprint density at radius 2 is 2.44 bits per heavy atom. The Balaban J connectivity index is 2.14. The zero-order valence-corrected chi connectivity index (χ0v) is 6.13. The van der Waals surface area contributed by atoms with Crippen molar-refractivity contribution in [2.24, 2.45) is 0 Å². The van der Waals surface area contributed by atoms with Gasteiger partial charge < -0.3 is 9.64 Å². The maximum Gasteiger partial charge on any atom is 0.0810 e. The van der Waals surface area contributed by atoms with Gasteiger partial charge in [-0.3, -0.25) is 0 Å². The first-order valence-corrected chi connectivity index (χ1v) is 3.44. The number of nitrogens with zero attached hydrogens (tertiary/aromatic N) is 1. The SMILES string of the molecule is C[CH]OC1CCN(C)C1. The summed E-state index contributed by atoms with van der Waals surface area (Å²) in [5.41, 5.74) is 0. The fourth-order valence-corrected chi connectivity index (χ4v) is 1.20. The molecule has 0 aromatic rings. The van der Waals surface area contributed by atoms with Crippen LogP contribution in [-0.2, 0) is 4.74 Å². The van der Waals surface area contributed by atoms with Crippen molar-refractivity contribution < 1.29 is 4.74 Å². The molecule has 0 aromatic carbocycles. The van der Waals surface area contributed by atoms with Crippen LogP contribution in [0.1, 0.15) is 13.3 Å². The number of rotatable bonds is 2. The summed E-state index contributed by atoms with van der Waals surface area (Å²) in [6.07, 6.45) is 1.64. The summed E-state index contributed by atoms with van der Waals surface area (Å²) in [7, 11) is 2.12. The Hall–Kier alpha value is -0.0800. The maximum absolute atomic E-state index is 5.31. The van der Waals surface area contributed by atoms with Crippen LogP contribution in [0.4, 0.5) is 0 Å². The third-order valence-electron chi connectivity index (χ3n) is 1.68. The second-order valence-corrected chi connectivity index (χ2v) is 2.54. The van der Waals surface area contributed by atoms with Crippen LogP contribution in [0.3, 0.4) is 0 Å². The Bertz CT molecular complexity index is 83.0. The van der Waals surface area contributed by atoms with Gasteiger partial charge in [-0.2, -0.15) is 0 Å². The zero-order chi connectivity index (χ0) is 6.69. The molecule has 1 fully saturated rings. The van der Waals surface area contributed by atoms with Crippen LogP contribution in [0.2, 0.25) is 0 Å². The van der Waals surface area contributed by atoms with Gasteiger partial charge in [-0.15, -0.1) is 0 Å². The van der Waals surface area contributed by atoms with Gasteiger partial charge in [0, 0.05) is 13.1 Å². The third kappa shape index (κ3) is 1.95. The summed E-state index contributed by atoms with van der Waals surface area (Å²) in [4.78, 5) is 2.29. The lowest BCUT2D eigenvalue weighted by Gasteiger charge is -2.08. The molecular formula is C7H14NO. The number of ether oxygens (including phenoxy) is 1. The molecule has 2 nitrogen and oxygen atoms in total. The second-order valence-electron chi connectivity index (χ2n) is 2.54. The van der Waals surface area contributed by atoms with Gasteiger partial charge in [0.2, 0.25) is 0 Å². The van der Waals surface area contributed by atoms with Crippen molar-refractivity contribution in [1.82, 2.24) is 4.90 Å². The van der Waals surface area contributed by atoms with E-state index in [-0.39, 0.29) is 0 Å². The minimum absolute atomic E-state index is 0.458. The largest absolute Gasteiger partial charge is 0.371 e. The highest BCUT2D eigenvalue weighted by atomic mass is 16.5. The Kier molecular flexibility index (Phi) is 2.49. The molecule has 0 aromatic heterocycles. The normalized spacial score (nSPS) is 29.3. The molecule has 0 bridgehead atoms. The highest BCUT2D eigenvalue weighted by molar-refractivity contribution is 4.73. The van der Waals surface area contributed by atoms with Crippen LogP contribution < -0.4 is 0 Å². The molecular weight excluding hydrogens is 114 g/mol. The predicted molar refractivity (Wildman–Crippen MR) is 37.0 cm³/mol. The van der Waals surface area contributed by atoms with Crippen molar-refractivity contribution in [3.05, 3.63) is 6.61 Å². The van der Waals surface area contributed by atoms with E-state index in [9.17, 15) is 0 Å². The van der Waals surface area contributed by atoms with Gasteiger partial charge in [-0.25, -0.2) is 0 Å². The Morgan fingerprint density at radius 3 is 2.89 bits per heavy atom. The fourth-order valence-electron chi connectivity index (χ4n) is 1.20. The highest BCUT2D eigenvalue weighted by Gasteiger charge is 2.18. The van der Waals surface area contributed by atoms with E-state index in [0.717, 1.165) is 6.54 Å². The molecule has 2 heteroatoms. The summed E-state index contributed by atoms with van der Waals surface area (Å²) in [6, 6.07) is 0. The van der Waals surface area contributed by atoms with Crippen molar-refractivity contribution in [2.75, 3.05) is 20.1 Å². The van der Waals surface area contributed by atoms with Gasteiger partial charge in [0.1, 0.15) is 0 Å². The first-order valence-electron chi connectivity index (χ1n) is 3.44. The van der Waals surface area contributed by atoms with Crippen LogP contribution in [0, 0.1) is 6.61 Å². The molecule has 1 heterocycles. The van der Waals surface area contributed by atoms with Crippen LogP contribution >= 0.6 is 0 Å². The van der Waals surface area contributed by atoms with E-state index in [0.29, 0.717) is 6.10 Å². The van der Waals surface area contributed by atoms with Gasteiger partial charge in [0.15, 0.2) is 0 Å². The van der Waals surface area contributed by atoms with E-state index >= 15 is 0 Å². The van der Waals surface area contributed by atoms with Crippen molar-refractivity contribution in [1.29, 1.82) is 0 Å². The molecule has 1 aliphatic rings. The van der Waals surface area contributed by atoms with Gasteiger partial charge in [-0.1, -0.05) is 0 Å². The standard InChI is InChI=1S/C7H14NO/c1-3-9-7-4-5-8(2)6-7/h3,7H,4-6H2,1-2H3. The number of likely N-dealkylation sites (N-methyl/N-ethyl adjacent to an activating group) is 1. The number of hydrogen-bond donors (Lipinski definition) is 0. The van der Waals surface area contributed by atoms with Gasteiger partial charge in [-0.05, 0) is 20.4 Å². The first kappa shape index (κ1) is 7.03. The second kappa shape index (κ2) is 3.18.